The van der Waals surface area contributed by atoms with E-state index in [0.717, 1.165) is 19.1 Å². The highest BCUT2D eigenvalue weighted by Gasteiger charge is 2.46. The molecule has 1 aliphatic heterocycles. The van der Waals surface area contributed by atoms with Crippen LogP contribution < -0.4 is 5.32 Å². The third-order valence-electron chi connectivity index (χ3n) is 6.53. The van der Waals surface area contributed by atoms with Crippen LogP contribution in [0, 0.1) is 16.7 Å². The highest BCUT2D eigenvalue weighted by molar-refractivity contribution is 5.29. The first-order valence-corrected chi connectivity index (χ1v) is 8.92. The molecule has 0 amide bonds. The van der Waals surface area contributed by atoms with Crippen molar-refractivity contribution in [2.45, 2.75) is 78.9 Å². The van der Waals surface area contributed by atoms with Gasteiger partial charge >= 0.3 is 0 Å². The second kappa shape index (κ2) is 5.09. The fourth-order valence-corrected chi connectivity index (χ4v) is 4.98. The molecule has 2 heteroatoms. The molecule has 0 aromatic rings. The standard InChI is InChI=1S/C19H33NO/c1-17(2)8-6-7-14-11-15(18(3,4)13-16(14)17)12-19(5)20-9-10-21-19/h15,20H,6-13H2,1-5H3/p+1/t15-,19-/m1/s1. The fourth-order valence-electron chi connectivity index (χ4n) is 4.98. The Morgan fingerprint density at radius 3 is 2.62 bits per heavy atom. The lowest BCUT2D eigenvalue weighted by Gasteiger charge is -2.48. The maximum absolute atomic E-state index is 6.04. The fraction of sp³-hybridized carbons (Fsp3) is 0.895. The van der Waals surface area contributed by atoms with Gasteiger partial charge in [-0.15, -0.1) is 0 Å². The molecule has 1 fully saturated rings. The van der Waals surface area contributed by atoms with Gasteiger partial charge in [-0.3, -0.25) is 0 Å². The molecule has 0 unspecified atom stereocenters. The summed E-state index contributed by atoms with van der Waals surface area (Å²) >= 11 is 0. The number of nitrogens with two attached hydrogens (primary N) is 1. The van der Waals surface area contributed by atoms with E-state index in [-0.39, 0.29) is 5.72 Å². The smallest absolute Gasteiger partial charge is 0.197 e. The Balaban J connectivity index is 1.82. The van der Waals surface area contributed by atoms with E-state index in [4.69, 9.17) is 4.74 Å². The second-order valence-electron chi connectivity index (χ2n) is 9.24. The molecule has 0 bridgehead atoms. The Labute approximate surface area is 130 Å². The Kier molecular flexibility index (Phi) is 3.77. The SMILES string of the molecule is CC1(C)CCCC2=C1CC(C)(C)[C@@H](C[C@]1(C)[NH2+]CCO1)C2. The Bertz CT molecular complexity index is 440. The van der Waals surface area contributed by atoms with Crippen LogP contribution in [0.25, 0.3) is 0 Å². The molecule has 0 spiro atoms. The Morgan fingerprint density at radius 1 is 1.19 bits per heavy atom. The van der Waals surface area contributed by atoms with Gasteiger partial charge in [-0.2, -0.15) is 0 Å². The van der Waals surface area contributed by atoms with Crippen molar-refractivity contribution < 1.29 is 10.1 Å². The van der Waals surface area contributed by atoms with Crippen molar-refractivity contribution in [3.63, 3.8) is 0 Å². The van der Waals surface area contributed by atoms with Crippen LogP contribution in [-0.4, -0.2) is 18.9 Å². The molecular weight excluding hydrogens is 258 g/mol. The van der Waals surface area contributed by atoms with Crippen molar-refractivity contribution in [1.29, 1.82) is 0 Å². The van der Waals surface area contributed by atoms with E-state index in [2.05, 4.69) is 39.9 Å². The van der Waals surface area contributed by atoms with Crippen LogP contribution >= 0.6 is 0 Å². The van der Waals surface area contributed by atoms with Gasteiger partial charge in [-0.1, -0.05) is 38.8 Å². The zero-order valence-electron chi connectivity index (χ0n) is 14.7. The molecule has 1 heterocycles. The van der Waals surface area contributed by atoms with Crippen LogP contribution in [0.4, 0.5) is 0 Å². The Morgan fingerprint density at radius 2 is 1.95 bits per heavy atom. The van der Waals surface area contributed by atoms with Crippen LogP contribution in [0.3, 0.4) is 0 Å². The number of ether oxygens (including phenoxy) is 1. The van der Waals surface area contributed by atoms with Crippen LogP contribution in [0.1, 0.15) is 73.1 Å². The summed E-state index contributed by atoms with van der Waals surface area (Å²) in [5.74, 6) is 0.768. The quantitative estimate of drug-likeness (QED) is 0.773. The van der Waals surface area contributed by atoms with Crippen molar-refractivity contribution in [2.75, 3.05) is 13.2 Å². The third-order valence-corrected chi connectivity index (χ3v) is 6.53. The lowest BCUT2D eigenvalue weighted by molar-refractivity contribution is -0.732. The number of rotatable bonds is 2. The summed E-state index contributed by atoms with van der Waals surface area (Å²) in [4.78, 5) is 0. The lowest BCUT2D eigenvalue weighted by atomic mass is 9.57. The maximum atomic E-state index is 6.04. The molecule has 0 aromatic carbocycles. The van der Waals surface area contributed by atoms with Crippen molar-refractivity contribution in [3.8, 4) is 0 Å². The number of hydrogen-bond acceptors (Lipinski definition) is 1. The van der Waals surface area contributed by atoms with E-state index in [1.165, 1.54) is 38.5 Å². The van der Waals surface area contributed by atoms with Crippen LogP contribution in [0.2, 0.25) is 0 Å². The van der Waals surface area contributed by atoms with E-state index >= 15 is 0 Å². The van der Waals surface area contributed by atoms with Gasteiger partial charge < -0.3 is 10.1 Å². The van der Waals surface area contributed by atoms with E-state index in [1.54, 1.807) is 11.1 Å². The van der Waals surface area contributed by atoms with Crippen molar-refractivity contribution in [3.05, 3.63) is 11.1 Å². The molecule has 2 aliphatic carbocycles. The first-order valence-electron chi connectivity index (χ1n) is 8.92. The van der Waals surface area contributed by atoms with Crippen molar-refractivity contribution in [1.82, 2.24) is 0 Å². The topological polar surface area (TPSA) is 25.8 Å². The Hall–Kier alpha value is -0.340. The van der Waals surface area contributed by atoms with Gasteiger partial charge in [0.2, 0.25) is 0 Å². The molecule has 120 valence electrons. The van der Waals surface area contributed by atoms with Gasteiger partial charge in [0.1, 0.15) is 13.2 Å². The zero-order chi connectivity index (χ0) is 15.3. The number of allylic oxidation sites excluding steroid dienone is 2. The molecule has 3 rings (SSSR count). The van der Waals surface area contributed by atoms with Gasteiger partial charge in [0, 0.05) is 13.3 Å². The van der Waals surface area contributed by atoms with Gasteiger partial charge in [0.25, 0.3) is 0 Å². The van der Waals surface area contributed by atoms with E-state index < -0.39 is 0 Å². The lowest BCUT2D eigenvalue weighted by Crippen LogP contribution is -2.93. The van der Waals surface area contributed by atoms with Crippen LogP contribution in [-0.2, 0) is 4.74 Å². The predicted molar refractivity (Wildman–Crippen MR) is 86.9 cm³/mol. The first-order chi connectivity index (χ1) is 9.72. The number of quaternary nitrogens is 1. The van der Waals surface area contributed by atoms with Crippen LogP contribution in [0.15, 0.2) is 11.1 Å². The highest BCUT2D eigenvalue weighted by Crippen LogP contribution is 2.54. The van der Waals surface area contributed by atoms with Gasteiger partial charge in [-0.25, -0.2) is 0 Å². The molecule has 1 saturated heterocycles. The van der Waals surface area contributed by atoms with E-state index in [0.29, 0.717) is 10.8 Å². The molecule has 0 aromatic heterocycles. The largest absolute Gasteiger partial charge is 0.321 e. The molecule has 2 N–H and O–H groups in total. The summed E-state index contributed by atoms with van der Waals surface area (Å²) in [5.41, 5.74) is 4.49. The molecule has 2 nitrogen and oxygen atoms in total. The summed E-state index contributed by atoms with van der Waals surface area (Å²) in [6, 6.07) is 0. The van der Waals surface area contributed by atoms with Gasteiger partial charge in [0.05, 0.1) is 0 Å². The van der Waals surface area contributed by atoms with E-state index in [9.17, 15) is 0 Å². The molecule has 0 saturated carbocycles. The van der Waals surface area contributed by atoms with Crippen molar-refractivity contribution >= 4 is 0 Å². The minimum absolute atomic E-state index is 0.0319. The minimum Gasteiger partial charge on any atom is -0.321 e. The predicted octanol–water partition coefficient (Wildman–Crippen LogP) is 3.63. The maximum Gasteiger partial charge on any atom is 0.197 e. The van der Waals surface area contributed by atoms with Crippen molar-refractivity contribution in [2.24, 2.45) is 16.7 Å². The van der Waals surface area contributed by atoms with Gasteiger partial charge in [0.15, 0.2) is 5.72 Å². The third kappa shape index (κ3) is 2.94. The highest BCUT2D eigenvalue weighted by atomic mass is 16.5. The zero-order valence-corrected chi connectivity index (χ0v) is 14.7. The molecule has 3 aliphatic rings. The average Bonchev–Trinajstić information content (AvgIpc) is 2.78. The van der Waals surface area contributed by atoms with Crippen LogP contribution in [0.5, 0.6) is 0 Å². The second-order valence-corrected chi connectivity index (χ2v) is 9.24. The molecular formula is C19H34NO+. The summed E-state index contributed by atoms with van der Waals surface area (Å²) in [6.07, 6.45) is 7.94. The summed E-state index contributed by atoms with van der Waals surface area (Å²) in [6.45, 7) is 14.3. The first kappa shape index (κ1) is 15.6. The monoisotopic (exact) mass is 292 g/mol. The summed E-state index contributed by atoms with van der Waals surface area (Å²) in [7, 11) is 0. The summed E-state index contributed by atoms with van der Waals surface area (Å²) in [5, 5.41) is 2.41. The summed E-state index contributed by atoms with van der Waals surface area (Å²) < 4.78 is 6.04. The normalized spacial score (nSPS) is 38.4. The minimum atomic E-state index is 0.0319. The molecule has 21 heavy (non-hydrogen) atoms. The number of hydrogen-bond donors (Lipinski definition) is 1. The van der Waals surface area contributed by atoms with E-state index in [1.807, 2.05) is 0 Å². The average molecular weight is 292 g/mol. The molecule has 2 atom stereocenters. The van der Waals surface area contributed by atoms with Gasteiger partial charge in [-0.05, 0) is 48.9 Å². The molecule has 0 radical (unpaired) electrons.